The van der Waals surface area contributed by atoms with Gasteiger partial charge in [0.25, 0.3) is 0 Å². The van der Waals surface area contributed by atoms with Gasteiger partial charge in [0.1, 0.15) is 11.7 Å². The number of hydrogen-bond acceptors (Lipinski definition) is 4. The summed E-state index contributed by atoms with van der Waals surface area (Å²) in [6.07, 6.45) is 1.28. The van der Waals surface area contributed by atoms with Gasteiger partial charge < -0.3 is 0 Å². The van der Waals surface area contributed by atoms with E-state index in [-0.39, 0.29) is 5.78 Å². The maximum absolute atomic E-state index is 11.9. The van der Waals surface area contributed by atoms with Crippen molar-refractivity contribution >= 4 is 5.78 Å². The van der Waals surface area contributed by atoms with Gasteiger partial charge in [0, 0.05) is 0 Å². The molecule has 0 aromatic carbocycles. The summed E-state index contributed by atoms with van der Waals surface area (Å²) in [4.78, 5) is 20.3. The smallest absolute Gasteiger partial charge is 0.183 e. The van der Waals surface area contributed by atoms with Crippen LogP contribution in [0.1, 0.15) is 34.0 Å². The summed E-state index contributed by atoms with van der Waals surface area (Å²) in [6, 6.07) is 2.03. The first-order valence-electron chi connectivity index (χ1n) is 4.91. The molecule has 0 spiro atoms. The normalized spacial score (nSPS) is 19.5. The van der Waals surface area contributed by atoms with E-state index in [1.54, 1.807) is 6.92 Å². The third kappa shape index (κ3) is 1.50. The highest BCUT2D eigenvalue weighted by Crippen LogP contribution is 2.25. The second-order valence-corrected chi connectivity index (χ2v) is 3.76. The number of nitriles is 1. The largest absolute Gasteiger partial charge is 0.293 e. The van der Waals surface area contributed by atoms with Crippen LogP contribution in [0, 0.1) is 31.1 Å². The molecule has 4 heteroatoms. The highest BCUT2D eigenvalue weighted by Gasteiger charge is 2.30. The third-order valence-electron chi connectivity index (χ3n) is 2.67. The van der Waals surface area contributed by atoms with Crippen molar-refractivity contribution in [1.29, 1.82) is 5.26 Å². The minimum atomic E-state index is -0.512. The molecule has 1 aromatic heterocycles. The topological polar surface area (TPSA) is 66.6 Å². The van der Waals surface area contributed by atoms with Crippen molar-refractivity contribution in [3.05, 3.63) is 22.8 Å². The molecule has 1 aliphatic rings. The van der Waals surface area contributed by atoms with E-state index in [0.29, 0.717) is 29.9 Å². The summed E-state index contributed by atoms with van der Waals surface area (Å²) in [6.45, 7) is 3.61. The SMILES string of the molecule is Cc1nc(C)c2c(n1)CCC(C#N)C2=O. The minimum Gasteiger partial charge on any atom is -0.293 e. The molecule has 1 atom stereocenters. The molecule has 15 heavy (non-hydrogen) atoms. The van der Waals surface area contributed by atoms with Crippen LogP contribution in [0.15, 0.2) is 0 Å². The fraction of sp³-hybridized carbons (Fsp3) is 0.455. The number of fused-ring (bicyclic) bond motifs is 1. The van der Waals surface area contributed by atoms with Gasteiger partial charge in [0.15, 0.2) is 5.78 Å². The van der Waals surface area contributed by atoms with Crippen LogP contribution in [-0.4, -0.2) is 15.8 Å². The van der Waals surface area contributed by atoms with Gasteiger partial charge in [-0.25, -0.2) is 9.97 Å². The zero-order valence-corrected chi connectivity index (χ0v) is 8.74. The van der Waals surface area contributed by atoms with Crippen molar-refractivity contribution in [2.24, 2.45) is 5.92 Å². The molecule has 1 heterocycles. The first-order chi connectivity index (χ1) is 7.13. The molecular weight excluding hydrogens is 190 g/mol. The molecule has 1 unspecified atom stereocenters. The van der Waals surface area contributed by atoms with Crippen LogP contribution in [0.2, 0.25) is 0 Å². The Morgan fingerprint density at radius 1 is 1.40 bits per heavy atom. The lowest BCUT2D eigenvalue weighted by molar-refractivity contribution is 0.0932. The second kappa shape index (κ2) is 3.43. The van der Waals surface area contributed by atoms with Gasteiger partial charge in [-0.2, -0.15) is 5.26 Å². The number of aryl methyl sites for hydroxylation is 3. The van der Waals surface area contributed by atoms with Crippen LogP contribution in [-0.2, 0) is 6.42 Å². The van der Waals surface area contributed by atoms with Crippen LogP contribution in [0.5, 0.6) is 0 Å². The van der Waals surface area contributed by atoms with Crippen molar-refractivity contribution in [2.45, 2.75) is 26.7 Å². The summed E-state index contributed by atoms with van der Waals surface area (Å²) >= 11 is 0. The first-order valence-corrected chi connectivity index (χ1v) is 4.91. The standard InChI is InChI=1S/C11H11N3O/c1-6-10-9(14-7(2)13-6)4-3-8(5-12)11(10)15/h8H,3-4H2,1-2H3. The summed E-state index contributed by atoms with van der Waals surface area (Å²) in [7, 11) is 0. The summed E-state index contributed by atoms with van der Waals surface area (Å²) in [5.41, 5.74) is 2.07. The quantitative estimate of drug-likeness (QED) is 0.635. The molecule has 0 amide bonds. The Bertz CT molecular complexity index is 473. The van der Waals surface area contributed by atoms with Gasteiger partial charge in [-0.3, -0.25) is 4.79 Å². The Hall–Kier alpha value is -1.76. The predicted octanol–water partition coefficient (Wildman–Crippen LogP) is 1.36. The number of ketones is 1. The summed E-state index contributed by atoms with van der Waals surface area (Å²) in [5, 5.41) is 8.82. The maximum Gasteiger partial charge on any atom is 0.183 e. The molecular formula is C11H11N3O. The Morgan fingerprint density at radius 3 is 2.80 bits per heavy atom. The summed E-state index contributed by atoms with van der Waals surface area (Å²) < 4.78 is 0. The Labute approximate surface area is 88.0 Å². The average molecular weight is 201 g/mol. The predicted molar refractivity (Wildman–Crippen MR) is 53.3 cm³/mol. The zero-order chi connectivity index (χ0) is 11.0. The van der Waals surface area contributed by atoms with Gasteiger partial charge in [0.2, 0.25) is 0 Å². The van der Waals surface area contributed by atoms with Gasteiger partial charge in [-0.05, 0) is 26.7 Å². The molecule has 0 radical (unpaired) electrons. The fourth-order valence-electron chi connectivity index (χ4n) is 1.99. The van der Waals surface area contributed by atoms with E-state index >= 15 is 0 Å². The van der Waals surface area contributed by atoms with Crippen LogP contribution in [0.3, 0.4) is 0 Å². The molecule has 0 saturated heterocycles. The monoisotopic (exact) mass is 201 g/mol. The molecule has 76 valence electrons. The highest BCUT2D eigenvalue weighted by atomic mass is 16.1. The number of aromatic nitrogens is 2. The lowest BCUT2D eigenvalue weighted by atomic mass is 9.85. The van der Waals surface area contributed by atoms with E-state index in [4.69, 9.17) is 5.26 Å². The number of nitrogens with zero attached hydrogens (tertiary/aromatic N) is 3. The number of rotatable bonds is 0. The highest BCUT2D eigenvalue weighted by molar-refractivity contribution is 6.02. The van der Waals surface area contributed by atoms with Crippen molar-refractivity contribution < 1.29 is 4.79 Å². The molecule has 0 bridgehead atoms. The maximum atomic E-state index is 11.9. The number of carbonyl (C=O) groups excluding carboxylic acids is 1. The first kappa shape index (κ1) is 9.78. The van der Waals surface area contributed by atoms with Crippen LogP contribution >= 0.6 is 0 Å². The van der Waals surface area contributed by atoms with Crippen molar-refractivity contribution in [3.63, 3.8) is 0 Å². The summed E-state index contributed by atoms with van der Waals surface area (Å²) in [5.74, 6) is 0.0632. The Kier molecular flexibility index (Phi) is 2.24. The molecule has 0 aliphatic heterocycles. The zero-order valence-electron chi connectivity index (χ0n) is 8.74. The van der Waals surface area contributed by atoms with Gasteiger partial charge in [0.05, 0.1) is 23.0 Å². The van der Waals surface area contributed by atoms with Crippen molar-refractivity contribution in [3.8, 4) is 6.07 Å². The van der Waals surface area contributed by atoms with Gasteiger partial charge >= 0.3 is 0 Å². The van der Waals surface area contributed by atoms with E-state index in [9.17, 15) is 4.79 Å². The van der Waals surface area contributed by atoms with Crippen molar-refractivity contribution in [2.75, 3.05) is 0 Å². The van der Waals surface area contributed by atoms with Gasteiger partial charge in [-0.1, -0.05) is 0 Å². The molecule has 2 rings (SSSR count). The van der Waals surface area contributed by atoms with Crippen molar-refractivity contribution in [1.82, 2.24) is 9.97 Å². The second-order valence-electron chi connectivity index (χ2n) is 3.76. The fourth-order valence-corrected chi connectivity index (χ4v) is 1.99. The molecule has 0 fully saturated rings. The molecule has 4 nitrogen and oxygen atoms in total. The number of Topliss-reactive ketones (excluding diaryl/α,β-unsaturated/α-hetero) is 1. The lowest BCUT2D eigenvalue weighted by Crippen LogP contribution is -2.24. The van der Waals surface area contributed by atoms with Crippen LogP contribution in [0.4, 0.5) is 0 Å². The molecule has 1 aliphatic carbocycles. The van der Waals surface area contributed by atoms with E-state index in [1.807, 2.05) is 13.0 Å². The number of hydrogen-bond donors (Lipinski definition) is 0. The third-order valence-corrected chi connectivity index (χ3v) is 2.67. The van der Waals surface area contributed by atoms with Gasteiger partial charge in [-0.15, -0.1) is 0 Å². The number of carbonyl (C=O) groups is 1. The van der Waals surface area contributed by atoms with E-state index < -0.39 is 5.92 Å². The van der Waals surface area contributed by atoms with E-state index in [2.05, 4.69) is 9.97 Å². The molecule has 0 N–H and O–H groups in total. The Morgan fingerprint density at radius 2 is 2.13 bits per heavy atom. The van der Waals surface area contributed by atoms with E-state index in [1.165, 1.54) is 0 Å². The van der Waals surface area contributed by atoms with Crippen LogP contribution in [0.25, 0.3) is 0 Å². The van der Waals surface area contributed by atoms with Crippen LogP contribution < -0.4 is 0 Å². The van der Waals surface area contributed by atoms with E-state index in [0.717, 1.165) is 5.69 Å². The Balaban J connectivity index is 2.58. The molecule has 1 aromatic rings. The lowest BCUT2D eigenvalue weighted by Gasteiger charge is -2.19. The molecule has 0 saturated carbocycles. The average Bonchev–Trinajstić information content (AvgIpc) is 2.17. The minimum absolute atomic E-state index is 0.115.